The minimum atomic E-state index is -0.378. The van der Waals surface area contributed by atoms with Crippen molar-refractivity contribution in [1.82, 2.24) is 9.55 Å². The first-order chi connectivity index (χ1) is 12.2. The Kier molecular flexibility index (Phi) is 5.73. The van der Waals surface area contributed by atoms with Crippen LogP contribution in [0.25, 0.3) is 6.08 Å². The topological polar surface area (TPSA) is 54.9 Å². The maximum absolute atomic E-state index is 12.4. The van der Waals surface area contributed by atoms with Crippen LogP contribution >= 0.6 is 23.1 Å². The highest BCUT2D eigenvalue weighted by atomic mass is 32.2. The summed E-state index contributed by atoms with van der Waals surface area (Å²) in [5, 5.41) is 2.72. The normalized spacial score (nSPS) is 11.2. The van der Waals surface area contributed by atoms with E-state index in [1.54, 1.807) is 15.9 Å². The second kappa shape index (κ2) is 8.18. The van der Waals surface area contributed by atoms with Crippen molar-refractivity contribution in [3.63, 3.8) is 0 Å². The molecule has 0 radical (unpaired) electrons. The average Bonchev–Trinajstić information content (AvgIpc) is 3.12. The Morgan fingerprint density at radius 1 is 1.16 bits per heavy atom. The summed E-state index contributed by atoms with van der Waals surface area (Å²) in [7, 11) is 0. The van der Waals surface area contributed by atoms with Crippen molar-refractivity contribution in [3.05, 3.63) is 85.2 Å². The van der Waals surface area contributed by atoms with Gasteiger partial charge in [0.05, 0.1) is 5.03 Å². The van der Waals surface area contributed by atoms with Gasteiger partial charge in [-0.3, -0.25) is 14.3 Å². The average molecular weight is 370 g/mol. The fraction of sp³-hybridized carbons (Fsp3) is 0.158. The Labute approximate surface area is 153 Å². The molecule has 2 heterocycles. The number of nitrogens with one attached hydrogen (secondary N) is 1. The summed E-state index contributed by atoms with van der Waals surface area (Å²) >= 11 is 3.10. The third-order valence-corrected chi connectivity index (χ3v) is 5.67. The van der Waals surface area contributed by atoms with Crippen LogP contribution < -0.4 is 11.2 Å². The molecule has 0 saturated heterocycles. The maximum atomic E-state index is 12.4. The summed E-state index contributed by atoms with van der Waals surface area (Å²) in [5.74, 6) is 0. The van der Waals surface area contributed by atoms with Crippen LogP contribution in [0.4, 0.5) is 0 Å². The Balaban J connectivity index is 2.00. The van der Waals surface area contributed by atoms with Crippen molar-refractivity contribution in [2.24, 2.45) is 0 Å². The lowest BCUT2D eigenvalue weighted by molar-refractivity contribution is 0.646. The molecule has 0 bridgehead atoms. The Bertz CT molecular complexity index is 971. The maximum Gasteiger partial charge on any atom is 0.329 e. The van der Waals surface area contributed by atoms with Gasteiger partial charge in [-0.05, 0) is 36.1 Å². The molecule has 0 unspecified atom stereocenters. The number of H-pyrrole nitrogens is 1. The van der Waals surface area contributed by atoms with E-state index in [9.17, 15) is 9.59 Å². The van der Waals surface area contributed by atoms with E-state index in [4.69, 9.17) is 0 Å². The molecule has 4 nitrogen and oxygen atoms in total. The Morgan fingerprint density at radius 2 is 1.96 bits per heavy atom. The molecule has 2 aromatic heterocycles. The van der Waals surface area contributed by atoms with E-state index in [1.165, 1.54) is 11.8 Å². The van der Waals surface area contributed by atoms with Crippen LogP contribution in [0, 0.1) is 0 Å². The Morgan fingerprint density at radius 3 is 2.64 bits per heavy atom. The highest BCUT2D eigenvalue weighted by Gasteiger charge is 2.14. The molecule has 0 saturated carbocycles. The molecule has 128 valence electrons. The van der Waals surface area contributed by atoms with E-state index in [0.717, 1.165) is 9.77 Å². The monoisotopic (exact) mass is 370 g/mol. The molecule has 3 aromatic rings. The number of benzene rings is 1. The lowest BCUT2D eigenvalue weighted by atomic mass is 10.2. The number of aromatic amines is 1. The first-order valence-corrected chi connectivity index (χ1v) is 9.67. The summed E-state index contributed by atoms with van der Waals surface area (Å²) in [6, 6.07) is 13.8. The third kappa shape index (κ3) is 4.21. The highest BCUT2D eigenvalue weighted by molar-refractivity contribution is 7.99. The molecule has 25 heavy (non-hydrogen) atoms. The van der Waals surface area contributed by atoms with Gasteiger partial charge in [-0.25, -0.2) is 4.79 Å². The van der Waals surface area contributed by atoms with Crippen LogP contribution in [0.5, 0.6) is 0 Å². The summed E-state index contributed by atoms with van der Waals surface area (Å²) in [4.78, 5) is 29.1. The van der Waals surface area contributed by atoms with Gasteiger partial charge < -0.3 is 0 Å². The molecule has 1 aromatic carbocycles. The number of nitrogens with zero attached hydrogens (tertiary/aromatic N) is 1. The van der Waals surface area contributed by atoms with Gasteiger partial charge in [-0.1, -0.05) is 49.0 Å². The fourth-order valence-corrected chi connectivity index (χ4v) is 4.24. The van der Waals surface area contributed by atoms with Crippen molar-refractivity contribution in [2.75, 3.05) is 0 Å². The van der Waals surface area contributed by atoms with Gasteiger partial charge in [0.2, 0.25) is 0 Å². The first kappa shape index (κ1) is 17.5. The SMILES string of the molecule is CCc1c(Sc2ccccc2)n(C/C=C/c2cccs2)c(=O)[nH]c1=O. The van der Waals surface area contributed by atoms with E-state index in [1.807, 2.05) is 66.9 Å². The number of aromatic nitrogens is 2. The zero-order valence-electron chi connectivity index (χ0n) is 13.8. The zero-order valence-corrected chi connectivity index (χ0v) is 15.4. The molecule has 3 rings (SSSR count). The van der Waals surface area contributed by atoms with Crippen molar-refractivity contribution in [1.29, 1.82) is 0 Å². The van der Waals surface area contributed by atoms with Gasteiger partial charge in [-0.2, -0.15) is 0 Å². The predicted molar refractivity (Wildman–Crippen MR) is 105 cm³/mol. The predicted octanol–water partition coefficient (Wildman–Crippen LogP) is 4.03. The van der Waals surface area contributed by atoms with Gasteiger partial charge >= 0.3 is 5.69 Å². The molecular formula is C19H18N2O2S2. The molecular weight excluding hydrogens is 352 g/mol. The van der Waals surface area contributed by atoms with Crippen LogP contribution in [0.15, 0.2) is 73.4 Å². The van der Waals surface area contributed by atoms with Gasteiger partial charge in [0.1, 0.15) is 0 Å². The van der Waals surface area contributed by atoms with Crippen molar-refractivity contribution in [3.8, 4) is 0 Å². The number of hydrogen-bond acceptors (Lipinski definition) is 4. The van der Waals surface area contributed by atoms with E-state index < -0.39 is 0 Å². The summed E-state index contributed by atoms with van der Waals surface area (Å²) < 4.78 is 1.63. The smallest absolute Gasteiger partial charge is 0.284 e. The van der Waals surface area contributed by atoms with Gasteiger partial charge in [0.15, 0.2) is 0 Å². The standard InChI is InChI=1S/C19H18N2O2S2/c1-2-16-17(22)20-19(23)21(12-6-10-14-11-7-13-24-14)18(16)25-15-8-4-3-5-9-15/h3-11,13H,2,12H2,1H3,(H,20,22,23)/b10-6+. The molecule has 0 spiro atoms. The molecule has 0 aliphatic rings. The largest absolute Gasteiger partial charge is 0.329 e. The number of rotatable bonds is 6. The minimum absolute atomic E-state index is 0.301. The fourth-order valence-electron chi connectivity index (χ4n) is 2.45. The molecule has 1 N–H and O–H groups in total. The number of thiophene rings is 1. The van der Waals surface area contributed by atoms with Crippen LogP contribution in [-0.2, 0) is 13.0 Å². The summed E-state index contributed by atoms with van der Waals surface area (Å²) in [6.07, 6.45) is 4.50. The van der Waals surface area contributed by atoms with Crippen LogP contribution in [0.3, 0.4) is 0 Å². The number of allylic oxidation sites excluding steroid dienone is 1. The van der Waals surface area contributed by atoms with Gasteiger partial charge in [-0.15, -0.1) is 11.3 Å². The van der Waals surface area contributed by atoms with Crippen LogP contribution in [-0.4, -0.2) is 9.55 Å². The molecule has 0 aliphatic carbocycles. The molecule has 0 atom stereocenters. The van der Waals surface area contributed by atoms with Crippen molar-refractivity contribution in [2.45, 2.75) is 29.8 Å². The molecule has 0 aliphatic heterocycles. The second-order valence-electron chi connectivity index (χ2n) is 5.34. The lowest BCUT2D eigenvalue weighted by Crippen LogP contribution is -2.33. The van der Waals surface area contributed by atoms with Crippen LogP contribution in [0.2, 0.25) is 0 Å². The van der Waals surface area contributed by atoms with Gasteiger partial charge in [0, 0.05) is 21.9 Å². The van der Waals surface area contributed by atoms with Crippen molar-refractivity contribution < 1.29 is 0 Å². The highest BCUT2D eigenvalue weighted by Crippen LogP contribution is 2.28. The second-order valence-corrected chi connectivity index (χ2v) is 7.38. The van der Waals surface area contributed by atoms with Crippen LogP contribution in [0.1, 0.15) is 17.4 Å². The first-order valence-electron chi connectivity index (χ1n) is 7.98. The summed E-state index contributed by atoms with van der Waals surface area (Å²) in [5.41, 5.74) is -0.0427. The van der Waals surface area contributed by atoms with E-state index in [2.05, 4.69) is 4.98 Å². The minimum Gasteiger partial charge on any atom is -0.284 e. The van der Waals surface area contributed by atoms with E-state index >= 15 is 0 Å². The molecule has 0 fully saturated rings. The third-order valence-electron chi connectivity index (χ3n) is 3.67. The molecule has 6 heteroatoms. The summed E-state index contributed by atoms with van der Waals surface area (Å²) in [6.45, 7) is 2.34. The zero-order chi connectivity index (χ0) is 17.6. The Hall–Kier alpha value is -2.31. The van der Waals surface area contributed by atoms with E-state index in [-0.39, 0.29) is 11.2 Å². The van der Waals surface area contributed by atoms with Gasteiger partial charge in [0.25, 0.3) is 5.56 Å². The lowest BCUT2D eigenvalue weighted by Gasteiger charge is -2.13. The molecule has 0 amide bonds. The number of hydrogen-bond donors (Lipinski definition) is 1. The quantitative estimate of drug-likeness (QED) is 0.667. The van der Waals surface area contributed by atoms with E-state index in [0.29, 0.717) is 23.6 Å². The van der Waals surface area contributed by atoms with Crippen molar-refractivity contribution >= 4 is 29.2 Å².